The second-order valence-corrected chi connectivity index (χ2v) is 6.71. The van der Waals surface area contributed by atoms with E-state index in [1.807, 2.05) is 17.5 Å². The van der Waals surface area contributed by atoms with Crippen molar-refractivity contribution in [3.05, 3.63) is 46.4 Å². The van der Waals surface area contributed by atoms with Crippen LogP contribution in [0.2, 0.25) is 0 Å². The summed E-state index contributed by atoms with van der Waals surface area (Å²) in [5.41, 5.74) is 2.35. The van der Waals surface area contributed by atoms with Gasteiger partial charge in [-0.3, -0.25) is 9.88 Å². The van der Waals surface area contributed by atoms with Crippen molar-refractivity contribution < 1.29 is 0 Å². The zero-order valence-corrected chi connectivity index (χ0v) is 13.4. The molecule has 1 N–H and O–H groups in total. The van der Waals surface area contributed by atoms with Crippen molar-refractivity contribution in [1.82, 2.24) is 9.88 Å². The molecule has 2 aromatic heterocycles. The summed E-state index contributed by atoms with van der Waals surface area (Å²) in [6.45, 7) is 5.21. The van der Waals surface area contributed by atoms with Gasteiger partial charge in [-0.15, -0.1) is 11.3 Å². The largest absolute Gasteiger partial charge is 0.385 e. The van der Waals surface area contributed by atoms with E-state index < -0.39 is 0 Å². The average Bonchev–Trinajstić information content (AvgIpc) is 3.23. The number of nitrogens with zero attached hydrogens (tertiary/aromatic N) is 2. The van der Waals surface area contributed by atoms with Crippen molar-refractivity contribution in [3.8, 4) is 0 Å². The second kappa shape index (κ2) is 7.05. The summed E-state index contributed by atoms with van der Waals surface area (Å²) >= 11 is 1.85. The molecule has 0 bridgehead atoms. The maximum absolute atomic E-state index is 4.55. The minimum Gasteiger partial charge on any atom is -0.385 e. The average molecular weight is 301 g/mol. The van der Waals surface area contributed by atoms with Crippen LogP contribution in [0, 0.1) is 0 Å². The minimum absolute atomic E-state index is 0.751. The first-order chi connectivity index (χ1) is 10.3. The Kier molecular flexibility index (Phi) is 4.88. The zero-order chi connectivity index (χ0) is 14.5. The lowest BCUT2D eigenvalue weighted by molar-refractivity contribution is 0.245. The van der Waals surface area contributed by atoms with Gasteiger partial charge >= 0.3 is 0 Å². The topological polar surface area (TPSA) is 28.2 Å². The molecule has 1 aliphatic carbocycles. The van der Waals surface area contributed by atoms with Crippen molar-refractivity contribution >= 4 is 17.0 Å². The highest BCUT2D eigenvalue weighted by Crippen LogP contribution is 2.30. The van der Waals surface area contributed by atoms with E-state index in [0.717, 1.165) is 32.1 Å². The Morgan fingerprint density at radius 1 is 1.33 bits per heavy atom. The van der Waals surface area contributed by atoms with Crippen molar-refractivity contribution in [1.29, 1.82) is 0 Å². The molecule has 0 saturated heterocycles. The molecule has 4 heteroatoms. The first-order valence-electron chi connectivity index (χ1n) is 7.80. The van der Waals surface area contributed by atoms with Crippen LogP contribution in [-0.2, 0) is 13.1 Å². The molecule has 0 spiro atoms. The molecule has 0 amide bonds. The predicted molar refractivity (Wildman–Crippen MR) is 89.6 cm³/mol. The van der Waals surface area contributed by atoms with Crippen LogP contribution < -0.4 is 5.32 Å². The molecule has 0 aliphatic heterocycles. The Morgan fingerprint density at radius 3 is 2.95 bits per heavy atom. The number of hydrogen-bond acceptors (Lipinski definition) is 4. The molecule has 2 aromatic rings. The van der Waals surface area contributed by atoms with E-state index in [-0.39, 0.29) is 0 Å². The van der Waals surface area contributed by atoms with Gasteiger partial charge < -0.3 is 5.32 Å². The van der Waals surface area contributed by atoms with Crippen molar-refractivity contribution in [2.75, 3.05) is 11.9 Å². The molecule has 2 heterocycles. The quantitative estimate of drug-likeness (QED) is 0.794. The lowest BCUT2D eigenvalue weighted by atomic mass is 10.2. The Morgan fingerprint density at radius 2 is 2.24 bits per heavy atom. The molecule has 0 unspecified atom stereocenters. The fourth-order valence-electron chi connectivity index (χ4n) is 2.51. The lowest BCUT2D eigenvalue weighted by Gasteiger charge is -2.21. The Labute approximate surface area is 131 Å². The van der Waals surface area contributed by atoms with Crippen molar-refractivity contribution in [2.45, 2.75) is 45.3 Å². The number of nitrogens with one attached hydrogen (secondary N) is 1. The molecule has 0 radical (unpaired) electrons. The number of pyridine rings is 1. The summed E-state index contributed by atoms with van der Waals surface area (Å²) in [4.78, 5) is 8.56. The van der Waals surface area contributed by atoms with Gasteiger partial charge in [0.1, 0.15) is 0 Å². The van der Waals surface area contributed by atoms with Crippen molar-refractivity contribution in [2.24, 2.45) is 0 Å². The Balaban J connectivity index is 1.65. The number of rotatable bonds is 8. The molecular formula is C17H23N3S. The van der Waals surface area contributed by atoms with Gasteiger partial charge in [-0.05, 0) is 42.8 Å². The van der Waals surface area contributed by atoms with E-state index in [0.29, 0.717) is 0 Å². The van der Waals surface area contributed by atoms with Crippen LogP contribution in [0.25, 0.3) is 0 Å². The standard InChI is InChI=1S/C17H23N3S/c1-2-8-18-14-7-9-19-15(11-14)12-20(16-5-6-16)13-17-4-3-10-21-17/h3-4,7,9-11,16H,2,5-6,8,12-13H2,1H3,(H,18,19). The maximum atomic E-state index is 4.55. The molecule has 1 saturated carbocycles. The van der Waals surface area contributed by atoms with Crippen LogP contribution in [0.4, 0.5) is 5.69 Å². The van der Waals surface area contributed by atoms with E-state index in [9.17, 15) is 0 Å². The summed E-state index contributed by atoms with van der Waals surface area (Å²) in [6, 6.07) is 9.37. The first kappa shape index (κ1) is 14.5. The zero-order valence-electron chi connectivity index (χ0n) is 12.6. The third kappa shape index (κ3) is 4.29. The fourth-order valence-corrected chi connectivity index (χ4v) is 3.24. The predicted octanol–water partition coefficient (Wildman–Crippen LogP) is 4.13. The minimum atomic E-state index is 0.751. The number of thiophene rings is 1. The molecular weight excluding hydrogens is 278 g/mol. The van der Waals surface area contributed by atoms with E-state index in [2.05, 4.69) is 51.8 Å². The molecule has 1 fully saturated rings. The van der Waals surface area contributed by atoms with Gasteiger partial charge in [-0.1, -0.05) is 13.0 Å². The highest BCUT2D eigenvalue weighted by atomic mass is 32.1. The second-order valence-electron chi connectivity index (χ2n) is 5.68. The van der Waals surface area contributed by atoms with Crippen molar-refractivity contribution in [3.63, 3.8) is 0 Å². The Hall–Kier alpha value is -1.39. The van der Waals surface area contributed by atoms with Crippen LogP contribution in [0.1, 0.15) is 36.8 Å². The molecule has 0 atom stereocenters. The van der Waals surface area contributed by atoms with Gasteiger partial charge in [0.05, 0.1) is 5.69 Å². The molecule has 1 aliphatic rings. The smallest absolute Gasteiger partial charge is 0.0564 e. The fraction of sp³-hybridized carbons (Fsp3) is 0.471. The third-order valence-electron chi connectivity index (χ3n) is 3.76. The van der Waals surface area contributed by atoms with E-state index in [1.165, 1.54) is 29.1 Å². The van der Waals surface area contributed by atoms with Crippen LogP contribution in [0.5, 0.6) is 0 Å². The van der Waals surface area contributed by atoms with Crippen LogP contribution in [-0.4, -0.2) is 22.5 Å². The highest BCUT2D eigenvalue weighted by molar-refractivity contribution is 7.09. The van der Waals surface area contributed by atoms with E-state index in [4.69, 9.17) is 0 Å². The van der Waals surface area contributed by atoms with Gasteiger partial charge in [0.25, 0.3) is 0 Å². The van der Waals surface area contributed by atoms with E-state index >= 15 is 0 Å². The van der Waals surface area contributed by atoms with Crippen LogP contribution >= 0.6 is 11.3 Å². The highest BCUT2D eigenvalue weighted by Gasteiger charge is 2.29. The number of hydrogen-bond donors (Lipinski definition) is 1. The third-order valence-corrected chi connectivity index (χ3v) is 4.62. The van der Waals surface area contributed by atoms with Gasteiger partial charge in [0.2, 0.25) is 0 Å². The van der Waals surface area contributed by atoms with Crippen LogP contribution in [0.15, 0.2) is 35.8 Å². The normalized spacial score (nSPS) is 14.6. The summed E-state index contributed by atoms with van der Waals surface area (Å²) < 4.78 is 0. The molecule has 3 rings (SSSR count). The van der Waals surface area contributed by atoms with Gasteiger partial charge in [0.15, 0.2) is 0 Å². The van der Waals surface area contributed by atoms with Gasteiger partial charge in [-0.25, -0.2) is 0 Å². The van der Waals surface area contributed by atoms with Gasteiger partial charge in [-0.2, -0.15) is 0 Å². The number of aromatic nitrogens is 1. The molecule has 112 valence electrons. The lowest BCUT2D eigenvalue weighted by Crippen LogP contribution is -2.25. The van der Waals surface area contributed by atoms with E-state index in [1.54, 1.807) is 0 Å². The SMILES string of the molecule is CCCNc1ccnc(CN(Cc2cccs2)C2CC2)c1. The van der Waals surface area contributed by atoms with Gasteiger partial charge in [0, 0.05) is 42.4 Å². The summed E-state index contributed by atoms with van der Waals surface area (Å²) in [5, 5.41) is 5.60. The first-order valence-corrected chi connectivity index (χ1v) is 8.68. The number of anilines is 1. The maximum Gasteiger partial charge on any atom is 0.0564 e. The molecule has 3 nitrogen and oxygen atoms in total. The monoisotopic (exact) mass is 301 g/mol. The summed E-state index contributed by atoms with van der Waals surface area (Å²) in [6.07, 6.45) is 5.73. The Bertz CT molecular complexity index is 549. The molecule has 21 heavy (non-hydrogen) atoms. The summed E-state index contributed by atoms with van der Waals surface area (Å²) in [7, 11) is 0. The summed E-state index contributed by atoms with van der Waals surface area (Å²) in [5.74, 6) is 0. The molecule has 0 aromatic carbocycles. The van der Waals surface area contributed by atoms with Crippen LogP contribution in [0.3, 0.4) is 0 Å².